The molecule has 1 aliphatic carbocycles. The maximum absolute atomic E-state index is 14.4. The fraction of sp³-hybridized carbons (Fsp3) is 0.469. The molecule has 0 bridgehead atoms. The van der Waals surface area contributed by atoms with Crippen molar-refractivity contribution in [1.82, 2.24) is 29.8 Å². The van der Waals surface area contributed by atoms with Crippen LogP contribution in [0, 0.1) is 11.2 Å². The number of aromatic amines is 1. The summed E-state index contributed by atoms with van der Waals surface area (Å²) in [5.74, 6) is -0.855. The van der Waals surface area contributed by atoms with Gasteiger partial charge in [-0.1, -0.05) is 6.42 Å². The molecule has 2 aliphatic rings. The Labute approximate surface area is 268 Å². The quantitative estimate of drug-likeness (QED) is 0.223. The van der Waals surface area contributed by atoms with E-state index in [2.05, 4.69) is 29.8 Å². The van der Waals surface area contributed by atoms with E-state index in [1.807, 2.05) is 16.8 Å². The fourth-order valence-corrected chi connectivity index (χ4v) is 6.52. The van der Waals surface area contributed by atoms with Crippen molar-refractivity contribution in [3.05, 3.63) is 48.0 Å². The number of H-pyrrole nitrogens is 1. The maximum atomic E-state index is 14.4. The van der Waals surface area contributed by atoms with Gasteiger partial charge >= 0.3 is 12.1 Å². The molecule has 6 rings (SSSR count). The van der Waals surface area contributed by atoms with Crippen LogP contribution < -0.4 is 9.80 Å². The molecular formula is C32H36F4N8O3. The monoisotopic (exact) mass is 656 g/mol. The number of nitrogens with one attached hydrogen (secondary N) is 1. The molecule has 1 aromatic carbocycles. The first kappa shape index (κ1) is 32.6. The van der Waals surface area contributed by atoms with E-state index in [0.29, 0.717) is 73.9 Å². The first-order chi connectivity index (χ1) is 22.4. The molecule has 2 N–H and O–H groups in total. The van der Waals surface area contributed by atoms with E-state index in [-0.39, 0.29) is 28.9 Å². The summed E-state index contributed by atoms with van der Waals surface area (Å²) in [7, 11) is 3.56. The van der Waals surface area contributed by atoms with Gasteiger partial charge in [-0.05, 0) is 43.5 Å². The van der Waals surface area contributed by atoms with E-state index in [0.717, 1.165) is 37.8 Å². The first-order valence-corrected chi connectivity index (χ1v) is 15.4. The number of anilines is 2. The van der Waals surface area contributed by atoms with Crippen molar-refractivity contribution in [3.8, 4) is 22.8 Å². The maximum Gasteiger partial charge on any atom is 0.416 e. The zero-order valence-electron chi connectivity index (χ0n) is 26.1. The van der Waals surface area contributed by atoms with Crippen LogP contribution in [-0.4, -0.2) is 101 Å². The zero-order chi connectivity index (χ0) is 33.3. The number of ether oxygens (including phenoxy) is 1. The van der Waals surface area contributed by atoms with Gasteiger partial charge in [0.1, 0.15) is 22.8 Å². The summed E-state index contributed by atoms with van der Waals surface area (Å²) in [5, 5.41) is 9.13. The van der Waals surface area contributed by atoms with Crippen molar-refractivity contribution in [2.24, 2.45) is 5.41 Å². The van der Waals surface area contributed by atoms with Gasteiger partial charge in [0.15, 0.2) is 11.5 Å². The largest absolute Gasteiger partial charge is 0.480 e. The van der Waals surface area contributed by atoms with Crippen molar-refractivity contribution in [3.63, 3.8) is 0 Å². The molecule has 0 spiro atoms. The highest BCUT2D eigenvalue weighted by atomic mass is 19.4. The topological polar surface area (TPSA) is 124 Å². The third-order valence-electron chi connectivity index (χ3n) is 8.96. The Bertz CT molecular complexity index is 1740. The number of methoxy groups -OCH3 is 1. The second-order valence-electron chi connectivity index (χ2n) is 12.4. The van der Waals surface area contributed by atoms with Crippen molar-refractivity contribution in [2.75, 3.05) is 69.8 Å². The lowest BCUT2D eigenvalue weighted by Gasteiger charge is -2.44. The van der Waals surface area contributed by atoms with E-state index >= 15 is 0 Å². The number of hydrogen-bond acceptors (Lipinski definition) is 9. The minimum absolute atomic E-state index is 0.00644. The van der Waals surface area contributed by atoms with Gasteiger partial charge < -0.3 is 24.6 Å². The highest BCUT2D eigenvalue weighted by Gasteiger charge is 2.38. The molecule has 1 saturated carbocycles. The third-order valence-corrected chi connectivity index (χ3v) is 8.96. The van der Waals surface area contributed by atoms with Crippen molar-refractivity contribution in [2.45, 2.75) is 31.9 Å². The molecule has 2 fully saturated rings. The zero-order valence-corrected chi connectivity index (χ0v) is 26.1. The third kappa shape index (κ3) is 7.15. The first-order valence-electron chi connectivity index (χ1n) is 15.4. The molecule has 4 heterocycles. The molecule has 1 aliphatic heterocycles. The Kier molecular flexibility index (Phi) is 9.03. The van der Waals surface area contributed by atoms with Gasteiger partial charge in [-0.3, -0.25) is 9.69 Å². The number of fused-ring (bicyclic) bond motifs is 1. The normalized spacial score (nSPS) is 17.0. The SMILES string of the molecule is COCC1(CN(C)c2cc(-c3cc(F)cc(C(F)(F)F)c3)nc3nc(-c4cnc(N5CCCN(CC(=O)O)CC5)cn4)[nH]c23)CCC1. The predicted octanol–water partition coefficient (Wildman–Crippen LogP) is 5.09. The number of carboxylic acids is 1. The lowest BCUT2D eigenvalue weighted by molar-refractivity contribution is -0.138. The van der Waals surface area contributed by atoms with Crippen LogP contribution in [0.1, 0.15) is 31.2 Å². The van der Waals surface area contributed by atoms with Crippen molar-refractivity contribution in [1.29, 1.82) is 0 Å². The Morgan fingerprint density at radius 2 is 1.85 bits per heavy atom. The molecule has 0 radical (unpaired) electrons. The predicted molar refractivity (Wildman–Crippen MR) is 168 cm³/mol. The molecule has 3 aromatic heterocycles. The molecule has 15 heteroatoms. The van der Waals surface area contributed by atoms with Gasteiger partial charge in [-0.25, -0.2) is 24.3 Å². The van der Waals surface area contributed by atoms with Crippen LogP contribution in [-0.2, 0) is 15.7 Å². The van der Waals surface area contributed by atoms with Gasteiger partial charge in [-0.15, -0.1) is 0 Å². The Hall–Kier alpha value is -4.37. The Morgan fingerprint density at radius 3 is 2.51 bits per heavy atom. The second-order valence-corrected chi connectivity index (χ2v) is 12.4. The molecule has 47 heavy (non-hydrogen) atoms. The summed E-state index contributed by atoms with van der Waals surface area (Å²) in [6.45, 7) is 3.77. The van der Waals surface area contributed by atoms with E-state index < -0.39 is 23.5 Å². The van der Waals surface area contributed by atoms with Crippen molar-refractivity contribution < 1.29 is 32.2 Å². The number of aliphatic carboxylic acids is 1. The molecule has 0 unspecified atom stereocenters. The number of aromatic nitrogens is 5. The molecule has 1 saturated heterocycles. The number of hydrogen-bond donors (Lipinski definition) is 2. The Balaban J connectivity index is 1.34. The minimum atomic E-state index is -4.73. The van der Waals surface area contributed by atoms with Crippen LogP contribution in [0.2, 0.25) is 0 Å². The standard InChI is InChI=1S/C32H36F4N8O3/c1-42(18-31(19-47-2)5-3-6-31)25-14-23(20-11-21(32(34,35)36)13-22(33)12-20)39-30-28(25)40-29(41-30)24-15-38-26(16-37-24)44-8-4-7-43(9-10-44)17-27(45)46/h11-16H,3-10,17-19H2,1-2H3,(H,45,46)(H,39,40,41). The molecule has 11 nitrogen and oxygen atoms in total. The number of imidazole rings is 1. The van der Waals surface area contributed by atoms with E-state index in [1.54, 1.807) is 25.6 Å². The molecular weight excluding hydrogens is 620 g/mol. The van der Waals surface area contributed by atoms with E-state index in [1.165, 1.54) is 0 Å². The van der Waals surface area contributed by atoms with Crippen LogP contribution in [0.5, 0.6) is 0 Å². The summed E-state index contributed by atoms with van der Waals surface area (Å²) in [6, 6.07) is 4.04. The number of halogens is 4. The van der Waals surface area contributed by atoms with Crippen LogP contribution in [0.15, 0.2) is 36.7 Å². The lowest BCUT2D eigenvalue weighted by atomic mass is 9.69. The number of pyridine rings is 1. The number of nitrogens with zero attached hydrogens (tertiary/aromatic N) is 7. The van der Waals surface area contributed by atoms with E-state index in [4.69, 9.17) is 9.84 Å². The molecule has 0 amide bonds. The Morgan fingerprint density at radius 1 is 1.04 bits per heavy atom. The average molecular weight is 657 g/mol. The van der Waals surface area contributed by atoms with Crippen LogP contribution in [0.25, 0.3) is 33.9 Å². The van der Waals surface area contributed by atoms with Gasteiger partial charge in [0.25, 0.3) is 0 Å². The lowest BCUT2D eigenvalue weighted by Crippen LogP contribution is -2.44. The van der Waals surface area contributed by atoms with Gasteiger partial charge in [0, 0.05) is 57.9 Å². The summed E-state index contributed by atoms with van der Waals surface area (Å²) in [5.41, 5.74) is 0.839. The number of carboxylic acid groups (broad SMARTS) is 1. The highest BCUT2D eigenvalue weighted by molar-refractivity contribution is 5.91. The van der Waals surface area contributed by atoms with E-state index in [9.17, 15) is 22.4 Å². The average Bonchev–Trinajstić information content (AvgIpc) is 3.31. The van der Waals surface area contributed by atoms with Gasteiger partial charge in [-0.2, -0.15) is 13.2 Å². The van der Waals surface area contributed by atoms with Crippen LogP contribution in [0.3, 0.4) is 0 Å². The summed E-state index contributed by atoms with van der Waals surface area (Å²) >= 11 is 0. The molecule has 250 valence electrons. The smallest absolute Gasteiger partial charge is 0.416 e. The number of carbonyl (C=O) groups is 1. The molecule has 0 atom stereocenters. The summed E-state index contributed by atoms with van der Waals surface area (Å²) in [6.07, 6.45) is 2.32. The summed E-state index contributed by atoms with van der Waals surface area (Å²) in [4.78, 5) is 38.8. The summed E-state index contributed by atoms with van der Waals surface area (Å²) < 4.78 is 60.7. The van der Waals surface area contributed by atoms with Crippen LogP contribution >= 0.6 is 0 Å². The fourth-order valence-electron chi connectivity index (χ4n) is 6.52. The second kappa shape index (κ2) is 13.0. The molecule has 4 aromatic rings. The van der Waals surface area contributed by atoms with Gasteiger partial charge in [0.05, 0.1) is 42.5 Å². The van der Waals surface area contributed by atoms with Crippen LogP contribution in [0.4, 0.5) is 29.1 Å². The number of alkyl halides is 3. The highest BCUT2D eigenvalue weighted by Crippen LogP contribution is 2.43. The van der Waals surface area contributed by atoms with Crippen molar-refractivity contribution >= 4 is 28.6 Å². The van der Waals surface area contributed by atoms with Gasteiger partial charge in [0.2, 0.25) is 0 Å². The number of rotatable bonds is 10. The number of benzene rings is 1. The minimum Gasteiger partial charge on any atom is -0.480 e.